The normalized spacial score (nSPS) is 26.9. The van der Waals surface area contributed by atoms with Crippen LogP contribution >= 0.6 is 0 Å². The van der Waals surface area contributed by atoms with Crippen LogP contribution < -0.4 is 5.32 Å². The Morgan fingerprint density at radius 2 is 1.91 bits per heavy atom. The number of fused-ring (bicyclic) bond motifs is 1. The van der Waals surface area contributed by atoms with Crippen LogP contribution in [0, 0.1) is 11.8 Å². The molecule has 1 aromatic rings. The second-order valence-electron chi connectivity index (χ2n) is 7.72. The van der Waals surface area contributed by atoms with Crippen LogP contribution in [0.1, 0.15) is 63.0 Å². The molecule has 0 unspecified atom stereocenters. The second kappa shape index (κ2) is 6.89. The van der Waals surface area contributed by atoms with Gasteiger partial charge in [0.05, 0.1) is 6.54 Å². The van der Waals surface area contributed by atoms with Crippen LogP contribution in [0.2, 0.25) is 0 Å². The molecule has 2 aliphatic carbocycles. The number of aryl methyl sites for hydroxylation is 1. The minimum atomic E-state index is 0.519. The van der Waals surface area contributed by atoms with E-state index >= 15 is 0 Å². The summed E-state index contributed by atoms with van der Waals surface area (Å²) in [6.07, 6.45) is 12.3. The number of ether oxygens (including phenoxy) is 1. The quantitative estimate of drug-likeness (QED) is 0.876. The smallest absolute Gasteiger partial charge is 0.176 e. The van der Waals surface area contributed by atoms with Gasteiger partial charge in [-0.3, -0.25) is 0 Å². The van der Waals surface area contributed by atoms with E-state index in [2.05, 4.69) is 20.1 Å². The van der Waals surface area contributed by atoms with E-state index in [0.29, 0.717) is 12.6 Å². The Hall–Kier alpha value is -0.940. The standard InChI is InChI=1S/C18H30N4O/c1-23-12-16-20-17-10-9-15(11-22(17)21-16)19-18(14-7-8-14)13-5-3-2-4-6-13/h13-15,18-19H,2-12H2,1H3/t15-,18-/m1/s1. The predicted octanol–water partition coefficient (Wildman–Crippen LogP) is 2.69. The molecule has 0 radical (unpaired) electrons. The van der Waals surface area contributed by atoms with Gasteiger partial charge in [0.2, 0.25) is 0 Å². The summed E-state index contributed by atoms with van der Waals surface area (Å²) in [5.41, 5.74) is 0. The van der Waals surface area contributed by atoms with Crippen molar-refractivity contribution in [2.75, 3.05) is 7.11 Å². The van der Waals surface area contributed by atoms with E-state index < -0.39 is 0 Å². The molecular weight excluding hydrogens is 288 g/mol. The number of nitrogens with zero attached hydrogens (tertiary/aromatic N) is 3. The van der Waals surface area contributed by atoms with Gasteiger partial charge < -0.3 is 10.1 Å². The first-order chi connectivity index (χ1) is 11.3. The van der Waals surface area contributed by atoms with Gasteiger partial charge in [-0.05, 0) is 43.9 Å². The zero-order valence-electron chi connectivity index (χ0n) is 14.3. The van der Waals surface area contributed by atoms with Gasteiger partial charge in [-0.1, -0.05) is 19.3 Å². The number of nitrogens with one attached hydrogen (secondary N) is 1. The Labute approximate surface area is 139 Å². The molecule has 5 nitrogen and oxygen atoms in total. The maximum atomic E-state index is 5.16. The van der Waals surface area contributed by atoms with Crippen molar-refractivity contribution in [1.82, 2.24) is 20.1 Å². The summed E-state index contributed by atoms with van der Waals surface area (Å²) < 4.78 is 7.27. The third-order valence-corrected chi connectivity index (χ3v) is 5.89. The molecule has 0 saturated heterocycles. The zero-order chi connectivity index (χ0) is 15.6. The van der Waals surface area contributed by atoms with Gasteiger partial charge in [0.1, 0.15) is 12.4 Å². The zero-order valence-corrected chi connectivity index (χ0v) is 14.3. The Bertz CT molecular complexity index is 519. The van der Waals surface area contributed by atoms with Gasteiger partial charge >= 0.3 is 0 Å². The minimum Gasteiger partial charge on any atom is -0.377 e. The van der Waals surface area contributed by atoms with Crippen molar-refractivity contribution in [1.29, 1.82) is 0 Å². The van der Waals surface area contributed by atoms with Crippen molar-refractivity contribution in [3.63, 3.8) is 0 Å². The van der Waals surface area contributed by atoms with Crippen molar-refractivity contribution >= 4 is 0 Å². The summed E-state index contributed by atoms with van der Waals surface area (Å²) in [5, 5.41) is 8.66. The maximum absolute atomic E-state index is 5.16. The monoisotopic (exact) mass is 318 g/mol. The highest BCUT2D eigenvalue weighted by molar-refractivity contribution is 5.00. The highest BCUT2D eigenvalue weighted by atomic mass is 16.5. The van der Waals surface area contributed by atoms with Gasteiger partial charge in [-0.25, -0.2) is 9.67 Å². The van der Waals surface area contributed by atoms with E-state index in [-0.39, 0.29) is 0 Å². The molecule has 0 bridgehead atoms. The summed E-state index contributed by atoms with van der Waals surface area (Å²) in [4.78, 5) is 4.59. The molecule has 5 heteroatoms. The molecule has 1 aliphatic heterocycles. The molecule has 2 saturated carbocycles. The highest BCUT2D eigenvalue weighted by Gasteiger charge is 2.38. The number of aromatic nitrogens is 3. The molecule has 23 heavy (non-hydrogen) atoms. The van der Waals surface area contributed by atoms with Crippen molar-refractivity contribution in [3.05, 3.63) is 11.6 Å². The average Bonchev–Trinajstić information content (AvgIpc) is 3.34. The van der Waals surface area contributed by atoms with Gasteiger partial charge in [-0.2, -0.15) is 5.10 Å². The fourth-order valence-corrected chi connectivity index (χ4v) is 4.56. The van der Waals surface area contributed by atoms with E-state index in [1.807, 2.05) is 0 Å². The first-order valence-electron chi connectivity index (χ1n) is 9.51. The van der Waals surface area contributed by atoms with Crippen molar-refractivity contribution < 1.29 is 4.74 Å². The van der Waals surface area contributed by atoms with Gasteiger partial charge in [0.15, 0.2) is 5.82 Å². The molecule has 2 fully saturated rings. The third-order valence-electron chi connectivity index (χ3n) is 5.89. The lowest BCUT2D eigenvalue weighted by atomic mass is 9.81. The summed E-state index contributed by atoms with van der Waals surface area (Å²) in [7, 11) is 1.70. The summed E-state index contributed by atoms with van der Waals surface area (Å²) in [6.45, 7) is 1.49. The Kier molecular flexibility index (Phi) is 4.67. The Morgan fingerprint density at radius 3 is 2.65 bits per heavy atom. The van der Waals surface area contributed by atoms with Gasteiger partial charge in [0, 0.05) is 25.6 Å². The van der Waals surface area contributed by atoms with E-state index in [1.54, 1.807) is 7.11 Å². The Balaban J connectivity index is 1.39. The van der Waals surface area contributed by atoms with E-state index in [9.17, 15) is 0 Å². The van der Waals surface area contributed by atoms with E-state index in [4.69, 9.17) is 4.74 Å². The largest absolute Gasteiger partial charge is 0.377 e. The molecule has 2 heterocycles. The lowest BCUT2D eigenvalue weighted by Crippen LogP contribution is -2.48. The third kappa shape index (κ3) is 3.61. The number of methoxy groups -OCH3 is 1. The maximum Gasteiger partial charge on any atom is 0.176 e. The number of hydrogen-bond acceptors (Lipinski definition) is 4. The summed E-state index contributed by atoms with van der Waals surface area (Å²) in [5.74, 6) is 3.82. The van der Waals surface area contributed by atoms with Crippen molar-refractivity contribution in [3.8, 4) is 0 Å². The lowest BCUT2D eigenvalue weighted by Gasteiger charge is -2.35. The summed E-state index contributed by atoms with van der Waals surface area (Å²) >= 11 is 0. The first kappa shape index (κ1) is 15.6. The molecule has 128 valence electrons. The van der Waals surface area contributed by atoms with Crippen LogP contribution in [0.4, 0.5) is 0 Å². The molecule has 4 rings (SSSR count). The van der Waals surface area contributed by atoms with Crippen LogP contribution in [0.3, 0.4) is 0 Å². The summed E-state index contributed by atoms with van der Waals surface area (Å²) in [6, 6.07) is 1.32. The van der Waals surface area contributed by atoms with E-state index in [0.717, 1.165) is 42.5 Å². The van der Waals surface area contributed by atoms with Crippen LogP contribution in [-0.4, -0.2) is 34.0 Å². The van der Waals surface area contributed by atoms with Gasteiger partial charge in [-0.15, -0.1) is 0 Å². The molecule has 1 N–H and O–H groups in total. The van der Waals surface area contributed by atoms with Crippen LogP contribution in [0.5, 0.6) is 0 Å². The van der Waals surface area contributed by atoms with E-state index in [1.165, 1.54) is 51.4 Å². The molecule has 0 spiro atoms. The second-order valence-corrected chi connectivity index (χ2v) is 7.72. The minimum absolute atomic E-state index is 0.519. The topological polar surface area (TPSA) is 52.0 Å². The molecule has 1 aromatic heterocycles. The molecule has 0 aromatic carbocycles. The SMILES string of the molecule is COCc1nc2n(n1)C[C@H](N[C@H](C1CCCCC1)C1CC1)CC2. The van der Waals surface area contributed by atoms with Crippen molar-refractivity contribution in [2.24, 2.45) is 11.8 Å². The molecule has 3 aliphatic rings. The van der Waals surface area contributed by atoms with Crippen LogP contribution in [0.25, 0.3) is 0 Å². The van der Waals surface area contributed by atoms with Crippen molar-refractivity contribution in [2.45, 2.75) is 83.0 Å². The molecule has 2 atom stereocenters. The number of hydrogen-bond donors (Lipinski definition) is 1. The fraction of sp³-hybridized carbons (Fsp3) is 0.889. The van der Waals surface area contributed by atoms with Crippen LogP contribution in [0.15, 0.2) is 0 Å². The molecular formula is C18H30N4O. The first-order valence-corrected chi connectivity index (χ1v) is 9.51. The number of rotatable bonds is 6. The average molecular weight is 318 g/mol. The van der Waals surface area contributed by atoms with Gasteiger partial charge in [0.25, 0.3) is 0 Å². The fourth-order valence-electron chi connectivity index (χ4n) is 4.56. The Morgan fingerprint density at radius 1 is 1.13 bits per heavy atom. The predicted molar refractivity (Wildman–Crippen MR) is 89.1 cm³/mol. The molecule has 0 amide bonds. The van der Waals surface area contributed by atoms with Crippen LogP contribution in [-0.2, 0) is 24.3 Å². The highest BCUT2D eigenvalue weighted by Crippen LogP contribution is 2.40. The lowest BCUT2D eigenvalue weighted by molar-refractivity contribution is 0.177.